The number of hydrogen-bond donors (Lipinski definition) is 1. The van der Waals surface area contributed by atoms with E-state index in [2.05, 4.69) is 36.5 Å². The van der Waals surface area contributed by atoms with E-state index in [1.807, 2.05) is 0 Å². The zero-order valence-corrected chi connectivity index (χ0v) is 14.3. The largest absolute Gasteiger partial charge is 0.371 e. The first-order valence-corrected chi connectivity index (χ1v) is 8.89. The molecule has 2 aliphatic rings. The van der Waals surface area contributed by atoms with Gasteiger partial charge in [0.25, 0.3) is 0 Å². The number of benzene rings is 1. The average molecular weight is 330 g/mol. The maximum Gasteiger partial charge on any atom is 0.239 e. The second kappa shape index (κ2) is 7.79. The summed E-state index contributed by atoms with van der Waals surface area (Å²) in [6.45, 7) is 3.63. The van der Waals surface area contributed by atoms with Gasteiger partial charge >= 0.3 is 0 Å². The lowest BCUT2D eigenvalue weighted by Gasteiger charge is -2.34. The molecule has 2 saturated heterocycles. The number of nitrogens with zero attached hydrogens (tertiary/aromatic N) is 1. The number of piperidine rings is 1. The minimum atomic E-state index is -0.111. The first-order valence-electron chi connectivity index (χ1n) is 8.89. The summed E-state index contributed by atoms with van der Waals surface area (Å²) >= 11 is 0. The molecule has 2 atom stereocenters. The van der Waals surface area contributed by atoms with Crippen molar-refractivity contribution >= 4 is 11.8 Å². The lowest BCUT2D eigenvalue weighted by atomic mass is 9.95. The Hall–Kier alpha value is -1.88. The summed E-state index contributed by atoms with van der Waals surface area (Å²) in [7, 11) is 0. The number of hydrogen-bond acceptors (Lipinski definition) is 3. The van der Waals surface area contributed by atoms with E-state index in [-0.39, 0.29) is 30.5 Å². The molecular formula is C19H26N2O3. The van der Waals surface area contributed by atoms with E-state index in [0.717, 1.165) is 37.9 Å². The van der Waals surface area contributed by atoms with Gasteiger partial charge in [-0.2, -0.15) is 0 Å². The van der Waals surface area contributed by atoms with Gasteiger partial charge in [0, 0.05) is 19.6 Å². The average Bonchev–Trinajstić information content (AvgIpc) is 2.58. The maximum atomic E-state index is 12.4. The Morgan fingerprint density at radius 3 is 2.79 bits per heavy atom. The summed E-state index contributed by atoms with van der Waals surface area (Å²) in [4.78, 5) is 25.9. The summed E-state index contributed by atoms with van der Waals surface area (Å²) in [6.07, 6.45) is 4.21. The van der Waals surface area contributed by atoms with Crippen molar-refractivity contribution in [3.63, 3.8) is 0 Å². The van der Waals surface area contributed by atoms with Gasteiger partial charge in [0.05, 0.1) is 12.6 Å². The molecule has 130 valence electrons. The van der Waals surface area contributed by atoms with Gasteiger partial charge in [0.15, 0.2) is 0 Å². The number of aryl methyl sites for hydroxylation is 1. The molecule has 0 saturated carbocycles. The normalized spacial score (nSPS) is 24.7. The molecule has 1 aromatic carbocycles. The molecule has 2 aliphatic heterocycles. The minimum absolute atomic E-state index is 0.0335. The van der Waals surface area contributed by atoms with E-state index < -0.39 is 0 Å². The Labute approximate surface area is 143 Å². The van der Waals surface area contributed by atoms with Crippen LogP contribution in [0.3, 0.4) is 0 Å². The lowest BCUT2D eigenvalue weighted by molar-refractivity contribution is -0.138. The van der Waals surface area contributed by atoms with Crippen LogP contribution in [0.1, 0.15) is 49.3 Å². The van der Waals surface area contributed by atoms with Crippen molar-refractivity contribution < 1.29 is 14.3 Å². The Bertz CT molecular complexity index is 585. The Morgan fingerprint density at radius 2 is 2.04 bits per heavy atom. The molecule has 1 N–H and O–H groups in total. The third-order valence-corrected chi connectivity index (χ3v) is 4.83. The van der Waals surface area contributed by atoms with Crippen LogP contribution in [0.15, 0.2) is 24.3 Å². The molecular weight excluding hydrogens is 304 g/mol. The van der Waals surface area contributed by atoms with Gasteiger partial charge in [-0.3, -0.25) is 9.59 Å². The highest BCUT2D eigenvalue weighted by Crippen LogP contribution is 2.28. The first-order chi connectivity index (χ1) is 11.6. The van der Waals surface area contributed by atoms with Crippen molar-refractivity contribution in [1.29, 1.82) is 0 Å². The number of carbonyl (C=O) groups is 2. The summed E-state index contributed by atoms with van der Waals surface area (Å²) < 4.78 is 5.93. The second-order valence-corrected chi connectivity index (χ2v) is 6.79. The Balaban J connectivity index is 1.61. The van der Waals surface area contributed by atoms with Crippen LogP contribution in [0, 0.1) is 6.92 Å². The fraction of sp³-hybridized carbons (Fsp3) is 0.579. The van der Waals surface area contributed by atoms with Crippen LogP contribution in [-0.2, 0) is 14.3 Å². The number of carbonyl (C=O) groups excluding carboxylic acids is 2. The second-order valence-electron chi connectivity index (χ2n) is 6.79. The van der Waals surface area contributed by atoms with E-state index in [0.29, 0.717) is 13.0 Å². The molecule has 1 aromatic rings. The molecule has 5 nitrogen and oxygen atoms in total. The number of nitrogens with one attached hydrogen (secondary N) is 1. The van der Waals surface area contributed by atoms with Crippen LogP contribution >= 0.6 is 0 Å². The van der Waals surface area contributed by atoms with E-state index in [4.69, 9.17) is 4.74 Å². The molecule has 0 radical (unpaired) electrons. The summed E-state index contributed by atoms with van der Waals surface area (Å²) in [5.74, 6) is 0.00393. The summed E-state index contributed by atoms with van der Waals surface area (Å²) in [5.41, 5.74) is 2.30. The molecule has 0 aliphatic carbocycles. The molecule has 0 spiro atoms. The van der Waals surface area contributed by atoms with Crippen molar-refractivity contribution in [2.45, 2.75) is 51.2 Å². The van der Waals surface area contributed by atoms with Gasteiger partial charge in [-0.05, 0) is 38.2 Å². The van der Waals surface area contributed by atoms with Crippen molar-refractivity contribution in [3.8, 4) is 0 Å². The quantitative estimate of drug-likeness (QED) is 0.922. The van der Waals surface area contributed by atoms with Gasteiger partial charge in [-0.25, -0.2) is 0 Å². The van der Waals surface area contributed by atoms with Crippen LogP contribution in [0.25, 0.3) is 0 Å². The highest BCUT2D eigenvalue weighted by Gasteiger charge is 2.29. The third-order valence-electron chi connectivity index (χ3n) is 4.83. The molecule has 3 rings (SSSR count). The number of ether oxygens (including phenoxy) is 1. The van der Waals surface area contributed by atoms with Crippen LogP contribution in [0.5, 0.6) is 0 Å². The van der Waals surface area contributed by atoms with Gasteiger partial charge < -0.3 is 15.0 Å². The lowest BCUT2D eigenvalue weighted by Crippen LogP contribution is -2.48. The molecule has 2 heterocycles. The molecule has 24 heavy (non-hydrogen) atoms. The van der Waals surface area contributed by atoms with Crippen molar-refractivity contribution in [2.75, 3.05) is 19.7 Å². The SMILES string of the molecule is Cc1ccc([C@@H]2OCCC[C@H]2NC(=O)CN2CCCCC2=O)cc1. The molecule has 2 fully saturated rings. The van der Waals surface area contributed by atoms with Crippen LogP contribution in [-0.4, -0.2) is 42.5 Å². The van der Waals surface area contributed by atoms with Crippen LogP contribution in [0.4, 0.5) is 0 Å². The van der Waals surface area contributed by atoms with Gasteiger partial charge in [0.1, 0.15) is 6.10 Å². The number of likely N-dealkylation sites (tertiary alicyclic amines) is 1. The zero-order valence-electron chi connectivity index (χ0n) is 14.3. The monoisotopic (exact) mass is 330 g/mol. The fourth-order valence-electron chi connectivity index (χ4n) is 3.47. The predicted octanol–water partition coefficient (Wildman–Crippen LogP) is 2.34. The zero-order chi connectivity index (χ0) is 16.9. The van der Waals surface area contributed by atoms with Crippen molar-refractivity contribution in [1.82, 2.24) is 10.2 Å². The first kappa shape index (κ1) is 17.0. The van der Waals surface area contributed by atoms with E-state index >= 15 is 0 Å². The standard InChI is InChI=1S/C19H26N2O3/c1-14-7-9-15(10-8-14)19-16(5-4-12-24-19)20-17(22)13-21-11-3-2-6-18(21)23/h7-10,16,19H,2-6,11-13H2,1H3,(H,20,22)/t16-,19+/m1/s1. The van der Waals surface area contributed by atoms with E-state index in [1.54, 1.807) is 4.90 Å². The molecule has 0 bridgehead atoms. The molecule has 0 unspecified atom stereocenters. The third kappa shape index (κ3) is 4.15. The van der Waals surface area contributed by atoms with Crippen LogP contribution < -0.4 is 5.32 Å². The number of rotatable bonds is 4. The van der Waals surface area contributed by atoms with E-state index in [1.165, 1.54) is 5.56 Å². The van der Waals surface area contributed by atoms with Crippen molar-refractivity contribution in [2.24, 2.45) is 0 Å². The molecule has 0 aromatic heterocycles. The topological polar surface area (TPSA) is 58.6 Å². The summed E-state index contributed by atoms with van der Waals surface area (Å²) in [6, 6.07) is 8.24. The van der Waals surface area contributed by atoms with Crippen molar-refractivity contribution in [3.05, 3.63) is 35.4 Å². The van der Waals surface area contributed by atoms with Gasteiger partial charge in [-0.1, -0.05) is 29.8 Å². The van der Waals surface area contributed by atoms with Gasteiger partial charge in [0.2, 0.25) is 11.8 Å². The molecule has 2 amide bonds. The molecule has 5 heteroatoms. The minimum Gasteiger partial charge on any atom is -0.371 e. The smallest absolute Gasteiger partial charge is 0.239 e. The Kier molecular flexibility index (Phi) is 5.51. The Morgan fingerprint density at radius 1 is 1.25 bits per heavy atom. The summed E-state index contributed by atoms with van der Waals surface area (Å²) in [5, 5.41) is 3.09. The fourth-order valence-corrected chi connectivity index (χ4v) is 3.47. The highest BCUT2D eigenvalue weighted by molar-refractivity contribution is 5.85. The van der Waals surface area contributed by atoms with E-state index in [9.17, 15) is 9.59 Å². The van der Waals surface area contributed by atoms with Crippen LogP contribution in [0.2, 0.25) is 0 Å². The maximum absolute atomic E-state index is 12.4. The van der Waals surface area contributed by atoms with Gasteiger partial charge in [-0.15, -0.1) is 0 Å². The predicted molar refractivity (Wildman–Crippen MR) is 91.5 cm³/mol. The highest BCUT2D eigenvalue weighted by atomic mass is 16.5. The number of amides is 2.